The van der Waals surface area contributed by atoms with Crippen molar-refractivity contribution in [3.05, 3.63) is 53.8 Å². The highest BCUT2D eigenvalue weighted by Gasteiger charge is 2.11. The van der Waals surface area contributed by atoms with Crippen molar-refractivity contribution >= 4 is 17.1 Å². The standard InChI is InChI=1S/C14H12FN3/c1-18(13-5-3-2-4-10(13)9-16)14-8-11(15)6-7-12(14)17/h2-8H,17H2,1H3. The number of nitriles is 1. The Balaban J connectivity index is 2.51. The number of rotatable bonds is 2. The molecule has 0 heterocycles. The predicted octanol–water partition coefficient (Wildman–Crippen LogP) is 3.05. The van der Waals surface area contributed by atoms with Crippen LogP contribution in [0.1, 0.15) is 5.56 Å². The van der Waals surface area contributed by atoms with Crippen LogP contribution in [0.4, 0.5) is 21.5 Å². The van der Waals surface area contributed by atoms with Crippen LogP contribution in [-0.4, -0.2) is 7.05 Å². The highest BCUT2D eigenvalue weighted by molar-refractivity contribution is 5.76. The van der Waals surface area contributed by atoms with E-state index in [0.29, 0.717) is 22.6 Å². The van der Waals surface area contributed by atoms with Crippen LogP contribution in [0.2, 0.25) is 0 Å². The normalized spacial score (nSPS) is 9.83. The van der Waals surface area contributed by atoms with Gasteiger partial charge in [-0.1, -0.05) is 12.1 Å². The zero-order valence-electron chi connectivity index (χ0n) is 9.89. The lowest BCUT2D eigenvalue weighted by Crippen LogP contribution is -2.13. The van der Waals surface area contributed by atoms with Crippen molar-refractivity contribution in [2.24, 2.45) is 0 Å². The van der Waals surface area contributed by atoms with Crippen LogP contribution in [0.5, 0.6) is 0 Å². The van der Waals surface area contributed by atoms with E-state index in [1.54, 1.807) is 30.1 Å². The fourth-order valence-electron chi connectivity index (χ4n) is 1.80. The van der Waals surface area contributed by atoms with Crippen molar-refractivity contribution < 1.29 is 4.39 Å². The first-order valence-electron chi connectivity index (χ1n) is 5.41. The fraction of sp³-hybridized carbons (Fsp3) is 0.0714. The molecule has 0 aliphatic heterocycles. The monoisotopic (exact) mass is 241 g/mol. The first-order chi connectivity index (χ1) is 8.63. The third-order valence-electron chi connectivity index (χ3n) is 2.74. The molecule has 2 aromatic rings. The Morgan fingerprint density at radius 2 is 1.89 bits per heavy atom. The van der Waals surface area contributed by atoms with Crippen LogP contribution in [0.15, 0.2) is 42.5 Å². The van der Waals surface area contributed by atoms with E-state index in [-0.39, 0.29) is 5.82 Å². The molecule has 0 spiro atoms. The Hall–Kier alpha value is -2.54. The van der Waals surface area contributed by atoms with E-state index in [1.165, 1.54) is 18.2 Å². The molecule has 0 atom stereocenters. The summed E-state index contributed by atoms with van der Waals surface area (Å²) in [4.78, 5) is 1.71. The average Bonchev–Trinajstić information content (AvgIpc) is 2.40. The Labute approximate surface area is 105 Å². The molecule has 0 aliphatic rings. The van der Waals surface area contributed by atoms with Crippen LogP contribution in [-0.2, 0) is 0 Å². The van der Waals surface area contributed by atoms with Gasteiger partial charge in [0, 0.05) is 7.05 Å². The van der Waals surface area contributed by atoms with Crippen LogP contribution in [0.3, 0.4) is 0 Å². The van der Waals surface area contributed by atoms with E-state index in [2.05, 4.69) is 6.07 Å². The van der Waals surface area contributed by atoms with Crippen molar-refractivity contribution in [2.45, 2.75) is 0 Å². The quantitative estimate of drug-likeness (QED) is 0.822. The number of hydrogen-bond donors (Lipinski definition) is 1. The van der Waals surface area contributed by atoms with Gasteiger partial charge in [0.05, 0.1) is 22.6 Å². The molecule has 0 aromatic heterocycles. The molecule has 0 amide bonds. The molecule has 0 unspecified atom stereocenters. The number of para-hydroxylation sites is 1. The van der Waals surface area contributed by atoms with Crippen molar-refractivity contribution in [1.29, 1.82) is 5.26 Å². The van der Waals surface area contributed by atoms with Gasteiger partial charge in [0.2, 0.25) is 0 Å². The minimum absolute atomic E-state index is 0.361. The minimum atomic E-state index is -0.361. The predicted molar refractivity (Wildman–Crippen MR) is 70.0 cm³/mol. The topological polar surface area (TPSA) is 53.0 Å². The molecular formula is C14H12FN3. The average molecular weight is 241 g/mol. The summed E-state index contributed by atoms with van der Waals surface area (Å²) < 4.78 is 13.3. The molecule has 0 bridgehead atoms. The van der Waals surface area contributed by atoms with Gasteiger partial charge in [-0.3, -0.25) is 0 Å². The molecule has 0 aliphatic carbocycles. The Kier molecular flexibility index (Phi) is 3.16. The van der Waals surface area contributed by atoms with Gasteiger partial charge in [-0.25, -0.2) is 4.39 Å². The van der Waals surface area contributed by atoms with E-state index in [4.69, 9.17) is 11.0 Å². The second-order valence-electron chi connectivity index (χ2n) is 3.89. The van der Waals surface area contributed by atoms with E-state index in [0.717, 1.165) is 0 Å². The summed E-state index contributed by atoms with van der Waals surface area (Å²) >= 11 is 0. The second kappa shape index (κ2) is 4.76. The maximum atomic E-state index is 13.3. The van der Waals surface area contributed by atoms with Gasteiger partial charge in [-0.2, -0.15) is 5.26 Å². The van der Waals surface area contributed by atoms with Gasteiger partial charge in [-0.15, -0.1) is 0 Å². The van der Waals surface area contributed by atoms with Gasteiger partial charge in [0.1, 0.15) is 11.9 Å². The summed E-state index contributed by atoms with van der Waals surface area (Å²) in [6.07, 6.45) is 0. The molecule has 2 aromatic carbocycles. The summed E-state index contributed by atoms with van der Waals surface area (Å²) in [6, 6.07) is 13.4. The fourth-order valence-corrected chi connectivity index (χ4v) is 1.80. The van der Waals surface area contributed by atoms with Crippen molar-refractivity contribution in [3.8, 4) is 6.07 Å². The molecule has 2 rings (SSSR count). The van der Waals surface area contributed by atoms with Crippen molar-refractivity contribution in [1.82, 2.24) is 0 Å². The summed E-state index contributed by atoms with van der Waals surface area (Å²) in [5, 5.41) is 9.06. The summed E-state index contributed by atoms with van der Waals surface area (Å²) in [6.45, 7) is 0. The SMILES string of the molecule is CN(c1cc(F)ccc1N)c1ccccc1C#N. The summed E-state index contributed by atoms with van der Waals surface area (Å²) in [5.41, 5.74) is 8.04. The Bertz CT molecular complexity index is 617. The Morgan fingerprint density at radius 1 is 1.17 bits per heavy atom. The summed E-state index contributed by atoms with van der Waals surface area (Å²) in [5.74, 6) is -0.361. The highest BCUT2D eigenvalue weighted by Crippen LogP contribution is 2.31. The number of anilines is 3. The van der Waals surface area contributed by atoms with E-state index in [9.17, 15) is 4.39 Å². The molecule has 90 valence electrons. The van der Waals surface area contributed by atoms with Gasteiger partial charge in [0.15, 0.2) is 0 Å². The molecule has 18 heavy (non-hydrogen) atoms. The van der Waals surface area contributed by atoms with Crippen molar-refractivity contribution in [3.63, 3.8) is 0 Å². The highest BCUT2D eigenvalue weighted by atomic mass is 19.1. The van der Waals surface area contributed by atoms with Gasteiger partial charge >= 0.3 is 0 Å². The first kappa shape index (κ1) is 11.9. The lowest BCUT2D eigenvalue weighted by Gasteiger charge is -2.22. The number of nitrogens with zero attached hydrogens (tertiary/aromatic N) is 2. The van der Waals surface area contributed by atoms with Gasteiger partial charge < -0.3 is 10.6 Å². The van der Waals surface area contributed by atoms with Crippen LogP contribution >= 0.6 is 0 Å². The van der Waals surface area contributed by atoms with E-state index >= 15 is 0 Å². The minimum Gasteiger partial charge on any atom is -0.397 e. The molecule has 0 fully saturated rings. The van der Waals surface area contributed by atoms with Gasteiger partial charge in [-0.05, 0) is 30.3 Å². The molecule has 0 saturated carbocycles. The lowest BCUT2D eigenvalue weighted by atomic mass is 10.1. The maximum absolute atomic E-state index is 13.3. The molecular weight excluding hydrogens is 229 g/mol. The summed E-state index contributed by atoms with van der Waals surface area (Å²) in [7, 11) is 1.75. The zero-order valence-corrected chi connectivity index (χ0v) is 9.89. The van der Waals surface area contributed by atoms with E-state index < -0.39 is 0 Å². The van der Waals surface area contributed by atoms with Crippen LogP contribution in [0, 0.1) is 17.1 Å². The number of nitrogens with two attached hydrogens (primary N) is 1. The second-order valence-corrected chi connectivity index (χ2v) is 3.89. The van der Waals surface area contributed by atoms with E-state index in [1.807, 2.05) is 6.07 Å². The smallest absolute Gasteiger partial charge is 0.125 e. The zero-order chi connectivity index (χ0) is 13.1. The van der Waals surface area contributed by atoms with Crippen LogP contribution in [0.25, 0.3) is 0 Å². The van der Waals surface area contributed by atoms with Gasteiger partial charge in [0.25, 0.3) is 0 Å². The molecule has 3 nitrogen and oxygen atoms in total. The number of hydrogen-bond acceptors (Lipinski definition) is 3. The number of nitrogen functional groups attached to an aromatic ring is 1. The molecule has 2 N–H and O–H groups in total. The maximum Gasteiger partial charge on any atom is 0.125 e. The lowest BCUT2D eigenvalue weighted by molar-refractivity contribution is 0.628. The van der Waals surface area contributed by atoms with Crippen molar-refractivity contribution in [2.75, 3.05) is 17.7 Å². The number of halogens is 1. The van der Waals surface area contributed by atoms with Crippen LogP contribution < -0.4 is 10.6 Å². The molecule has 4 heteroatoms. The molecule has 0 radical (unpaired) electrons. The Morgan fingerprint density at radius 3 is 2.61 bits per heavy atom. The largest absolute Gasteiger partial charge is 0.397 e. The number of benzene rings is 2. The third-order valence-corrected chi connectivity index (χ3v) is 2.74. The third kappa shape index (κ3) is 2.11. The molecule has 0 saturated heterocycles. The first-order valence-corrected chi connectivity index (χ1v) is 5.41.